The molecular formula is C22H32N4OS. The van der Waals surface area contributed by atoms with Gasteiger partial charge in [-0.15, -0.1) is 10.2 Å². The van der Waals surface area contributed by atoms with Crippen molar-refractivity contribution in [2.45, 2.75) is 76.5 Å². The molecule has 1 saturated carbocycles. The van der Waals surface area contributed by atoms with Crippen molar-refractivity contribution in [1.82, 2.24) is 20.1 Å². The van der Waals surface area contributed by atoms with E-state index in [0.29, 0.717) is 11.7 Å². The summed E-state index contributed by atoms with van der Waals surface area (Å²) in [6, 6.07) is 10.6. The minimum Gasteiger partial charge on any atom is -0.353 e. The van der Waals surface area contributed by atoms with Crippen LogP contribution in [0, 0.1) is 5.92 Å². The highest BCUT2D eigenvalue weighted by atomic mass is 32.2. The number of thioether (sulfide) groups is 1. The first-order valence-corrected chi connectivity index (χ1v) is 11.4. The standard InChI is InChI=1S/C22H32N4OS/c1-16(2)8-7-9-17(3)23-20(27)15-28-22-25-24-21(19-12-13-19)26(22)14-18-10-5-4-6-11-18/h4-6,10-11,16-17,19H,7-9,12-15H2,1-3H3,(H,23,27)/t17-/m0/s1. The molecule has 1 aromatic carbocycles. The molecule has 0 spiro atoms. The maximum absolute atomic E-state index is 12.4. The van der Waals surface area contributed by atoms with Gasteiger partial charge in [-0.1, -0.05) is 68.8 Å². The average molecular weight is 401 g/mol. The zero-order chi connectivity index (χ0) is 19.9. The van der Waals surface area contributed by atoms with Gasteiger partial charge in [0.1, 0.15) is 5.82 Å². The summed E-state index contributed by atoms with van der Waals surface area (Å²) in [5, 5.41) is 12.8. The number of nitrogens with zero attached hydrogens (tertiary/aromatic N) is 3. The van der Waals surface area contributed by atoms with Crippen molar-refractivity contribution >= 4 is 17.7 Å². The van der Waals surface area contributed by atoms with Gasteiger partial charge in [0, 0.05) is 12.0 Å². The molecule has 1 aliphatic carbocycles. The van der Waals surface area contributed by atoms with Crippen LogP contribution in [-0.4, -0.2) is 32.5 Å². The van der Waals surface area contributed by atoms with Crippen LogP contribution in [-0.2, 0) is 11.3 Å². The third-order valence-electron chi connectivity index (χ3n) is 5.03. The van der Waals surface area contributed by atoms with Gasteiger partial charge in [0.05, 0.1) is 12.3 Å². The van der Waals surface area contributed by atoms with E-state index in [0.717, 1.165) is 36.3 Å². The minimum atomic E-state index is 0.0734. The van der Waals surface area contributed by atoms with Crippen LogP contribution < -0.4 is 5.32 Å². The van der Waals surface area contributed by atoms with Gasteiger partial charge < -0.3 is 9.88 Å². The summed E-state index contributed by atoms with van der Waals surface area (Å²) in [5.74, 6) is 2.76. The van der Waals surface area contributed by atoms with Crippen LogP contribution in [0.2, 0.25) is 0 Å². The molecule has 1 aliphatic rings. The molecule has 5 nitrogen and oxygen atoms in total. The highest BCUT2D eigenvalue weighted by molar-refractivity contribution is 7.99. The minimum absolute atomic E-state index is 0.0734. The van der Waals surface area contributed by atoms with Crippen LogP contribution in [0.25, 0.3) is 0 Å². The Morgan fingerprint density at radius 2 is 1.93 bits per heavy atom. The summed E-state index contributed by atoms with van der Waals surface area (Å²) in [7, 11) is 0. The highest BCUT2D eigenvalue weighted by Crippen LogP contribution is 2.40. The third-order valence-corrected chi connectivity index (χ3v) is 6.00. The summed E-state index contributed by atoms with van der Waals surface area (Å²) in [5.41, 5.74) is 1.23. The van der Waals surface area contributed by atoms with Crippen molar-refractivity contribution in [3.8, 4) is 0 Å². The second kappa shape index (κ2) is 10.1. The molecule has 0 saturated heterocycles. The molecule has 6 heteroatoms. The number of rotatable bonds is 11. The van der Waals surface area contributed by atoms with E-state index in [1.807, 2.05) is 6.07 Å². The zero-order valence-electron chi connectivity index (χ0n) is 17.2. The lowest BCUT2D eigenvalue weighted by Crippen LogP contribution is -2.33. The Balaban J connectivity index is 1.54. The molecule has 0 aliphatic heterocycles. The van der Waals surface area contributed by atoms with Gasteiger partial charge in [0.25, 0.3) is 0 Å². The van der Waals surface area contributed by atoms with E-state index in [1.54, 1.807) is 0 Å². The largest absolute Gasteiger partial charge is 0.353 e. The topological polar surface area (TPSA) is 59.8 Å². The summed E-state index contributed by atoms with van der Waals surface area (Å²) in [6.45, 7) is 7.32. The Kier molecular flexibility index (Phi) is 7.54. The average Bonchev–Trinajstić information content (AvgIpc) is 3.42. The SMILES string of the molecule is CC(C)CCC[C@H](C)NC(=O)CSc1nnc(C2CC2)n1Cc1ccccc1. The molecule has 0 bridgehead atoms. The maximum atomic E-state index is 12.4. The van der Waals surface area contributed by atoms with Crippen LogP contribution in [0.1, 0.15) is 70.2 Å². The Morgan fingerprint density at radius 3 is 2.61 bits per heavy atom. The first-order valence-electron chi connectivity index (χ1n) is 10.4. The third kappa shape index (κ3) is 6.36. The van der Waals surface area contributed by atoms with Gasteiger partial charge in [-0.2, -0.15) is 0 Å². The maximum Gasteiger partial charge on any atom is 0.230 e. The number of carbonyl (C=O) groups is 1. The first kappa shape index (κ1) is 20.9. The van der Waals surface area contributed by atoms with E-state index in [4.69, 9.17) is 0 Å². The predicted octanol–water partition coefficient (Wildman–Crippen LogP) is 4.63. The fraction of sp³-hybridized carbons (Fsp3) is 0.591. The van der Waals surface area contributed by atoms with E-state index in [1.165, 1.54) is 36.6 Å². The number of carbonyl (C=O) groups excluding carboxylic acids is 1. The molecule has 2 aromatic rings. The van der Waals surface area contributed by atoms with Gasteiger partial charge in [-0.05, 0) is 37.7 Å². The molecule has 0 radical (unpaired) electrons. The van der Waals surface area contributed by atoms with E-state index >= 15 is 0 Å². The summed E-state index contributed by atoms with van der Waals surface area (Å²) < 4.78 is 2.19. The van der Waals surface area contributed by atoms with Crippen molar-refractivity contribution in [2.24, 2.45) is 5.92 Å². The molecule has 1 fully saturated rings. The van der Waals surface area contributed by atoms with Gasteiger partial charge in [0.15, 0.2) is 5.16 Å². The Labute approximate surface area is 172 Å². The lowest BCUT2D eigenvalue weighted by atomic mass is 10.0. The van der Waals surface area contributed by atoms with Crippen molar-refractivity contribution < 1.29 is 4.79 Å². The van der Waals surface area contributed by atoms with Crippen LogP contribution in [0.3, 0.4) is 0 Å². The number of nitrogens with one attached hydrogen (secondary N) is 1. The van der Waals surface area contributed by atoms with Crippen LogP contribution in [0.5, 0.6) is 0 Å². The van der Waals surface area contributed by atoms with Gasteiger partial charge >= 0.3 is 0 Å². The van der Waals surface area contributed by atoms with Crippen LogP contribution >= 0.6 is 11.8 Å². The molecule has 1 atom stereocenters. The van der Waals surface area contributed by atoms with E-state index in [-0.39, 0.29) is 11.9 Å². The lowest BCUT2D eigenvalue weighted by molar-refractivity contribution is -0.119. The molecule has 1 amide bonds. The van der Waals surface area contributed by atoms with Crippen molar-refractivity contribution in [3.05, 3.63) is 41.7 Å². The molecule has 152 valence electrons. The Hall–Kier alpha value is -1.82. The molecule has 3 rings (SSSR count). The van der Waals surface area contributed by atoms with Crippen molar-refractivity contribution in [2.75, 3.05) is 5.75 Å². The van der Waals surface area contributed by atoms with Crippen molar-refractivity contribution in [1.29, 1.82) is 0 Å². The highest BCUT2D eigenvalue weighted by Gasteiger charge is 2.30. The molecule has 0 unspecified atom stereocenters. The molecular weight excluding hydrogens is 368 g/mol. The number of hydrogen-bond acceptors (Lipinski definition) is 4. The second-order valence-electron chi connectivity index (χ2n) is 8.27. The van der Waals surface area contributed by atoms with Crippen LogP contribution in [0.15, 0.2) is 35.5 Å². The molecule has 1 aromatic heterocycles. The number of amides is 1. The summed E-state index contributed by atoms with van der Waals surface area (Å²) in [6.07, 6.45) is 5.77. The predicted molar refractivity (Wildman–Crippen MR) is 115 cm³/mol. The Bertz CT molecular complexity index is 755. The summed E-state index contributed by atoms with van der Waals surface area (Å²) >= 11 is 1.49. The van der Waals surface area contributed by atoms with E-state index in [9.17, 15) is 4.79 Å². The van der Waals surface area contributed by atoms with Gasteiger partial charge in [0.2, 0.25) is 5.91 Å². The smallest absolute Gasteiger partial charge is 0.230 e. The molecule has 1 heterocycles. The normalized spacial score (nSPS) is 15.0. The number of hydrogen-bond donors (Lipinski definition) is 1. The first-order chi connectivity index (χ1) is 13.5. The van der Waals surface area contributed by atoms with Gasteiger partial charge in [-0.3, -0.25) is 4.79 Å². The molecule has 28 heavy (non-hydrogen) atoms. The number of aromatic nitrogens is 3. The lowest BCUT2D eigenvalue weighted by Gasteiger charge is -2.14. The van der Waals surface area contributed by atoms with E-state index < -0.39 is 0 Å². The van der Waals surface area contributed by atoms with Crippen LogP contribution in [0.4, 0.5) is 0 Å². The number of benzene rings is 1. The van der Waals surface area contributed by atoms with Gasteiger partial charge in [-0.25, -0.2) is 0 Å². The monoisotopic (exact) mass is 400 g/mol. The Morgan fingerprint density at radius 1 is 1.18 bits per heavy atom. The summed E-state index contributed by atoms with van der Waals surface area (Å²) in [4.78, 5) is 12.4. The second-order valence-corrected chi connectivity index (χ2v) is 9.21. The van der Waals surface area contributed by atoms with Crippen molar-refractivity contribution in [3.63, 3.8) is 0 Å². The van der Waals surface area contributed by atoms with E-state index in [2.05, 4.69) is 65.1 Å². The fourth-order valence-electron chi connectivity index (χ4n) is 3.32. The zero-order valence-corrected chi connectivity index (χ0v) is 18.0. The molecule has 1 N–H and O–H groups in total. The fourth-order valence-corrected chi connectivity index (χ4v) is 4.07. The quantitative estimate of drug-likeness (QED) is 0.559.